The van der Waals surface area contributed by atoms with E-state index in [1.807, 2.05) is 0 Å². The van der Waals surface area contributed by atoms with Gasteiger partial charge in [0.15, 0.2) is 0 Å². The summed E-state index contributed by atoms with van der Waals surface area (Å²) < 4.78 is 6.52. The molecule has 0 fully saturated rings. The fourth-order valence-corrected chi connectivity index (χ4v) is 1.68. The van der Waals surface area contributed by atoms with E-state index in [-0.39, 0.29) is 6.61 Å². The van der Waals surface area contributed by atoms with Gasteiger partial charge in [0.1, 0.15) is 5.92 Å². The third-order valence-corrected chi connectivity index (χ3v) is 2.61. The van der Waals surface area contributed by atoms with Gasteiger partial charge in [-0.25, -0.2) is 4.68 Å². The van der Waals surface area contributed by atoms with E-state index < -0.39 is 11.9 Å². The molecule has 0 bridgehead atoms. The van der Waals surface area contributed by atoms with Crippen LogP contribution in [-0.2, 0) is 9.53 Å². The number of methoxy groups -OCH3 is 1. The van der Waals surface area contributed by atoms with E-state index in [9.17, 15) is 4.79 Å². The molecule has 0 aliphatic heterocycles. The normalized spacial score (nSPS) is 12.3. The van der Waals surface area contributed by atoms with E-state index in [1.54, 1.807) is 41.3 Å². The minimum Gasteiger partial charge on any atom is -0.481 e. The van der Waals surface area contributed by atoms with Crippen molar-refractivity contribution >= 4 is 5.97 Å². The molecule has 2 aromatic rings. The summed E-state index contributed by atoms with van der Waals surface area (Å²) >= 11 is 0. The predicted octanol–water partition coefficient (Wildman–Crippen LogP) is 1.08. The van der Waals surface area contributed by atoms with E-state index in [2.05, 4.69) is 10.3 Å². The van der Waals surface area contributed by atoms with Gasteiger partial charge >= 0.3 is 5.97 Å². The topological polar surface area (TPSA) is 77.2 Å². The van der Waals surface area contributed by atoms with Gasteiger partial charge in [-0.05, 0) is 17.7 Å². The second-order valence-corrected chi connectivity index (χ2v) is 3.79. The largest absolute Gasteiger partial charge is 0.481 e. The average Bonchev–Trinajstić information content (AvgIpc) is 2.90. The molecule has 18 heavy (non-hydrogen) atoms. The first-order valence-electron chi connectivity index (χ1n) is 5.40. The van der Waals surface area contributed by atoms with E-state index in [4.69, 9.17) is 9.84 Å². The summed E-state index contributed by atoms with van der Waals surface area (Å²) in [4.78, 5) is 11.1. The van der Waals surface area contributed by atoms with Crippen molar-refractivity contribution in [2.75, 3.05) is 13.7 Å². The Labute approximate surface area is 104 Å². The summed E-state index contributed by atoms with van der Waals surface area (Å²) in [6, 6.07) is 7.12. The number of carboxylic acid groups (broad SMARTS) is 1. The maximum absolute atomic E-state index is 11.1. The van der Waals surface area contributed by atoms with Gasteiger partial charge in [-0.3, -0.25) is 4.79 Å². The van der Waals surface area contributed by atoms with E-state index in [0.29, 0.717) is 5.56 Å². The molecule has 1 N–H and O–H groups in total. The third kappa shape index (κ3) is 2.54. The van der Waals surface area contributed by atoms with Gasteiger partial charge in [0, 0.05) is 7.11 Å². The molecule has 1 atom stereocenters. The fourth-order valence-electron chi connectivity index (χ4n) is 1.68. The standard InChI is InChI=1S/C12H13N3O3/c1-18-8-11(12(16)17)9-2-4-10(5-3-9)15-7-6-13-14-15/h2-7,11H,8H2,1H3,(H,16,17). The van der Waals surface area contributed by atoms with Gasteiger partial charge in [-0.15, -0.1) is 5.10 Å². The zero-order valence-electron chi connectivity index (χ0n) is 9.85. The molecule has 0 amide bonds. The Kier molecular flexibility index (Phi) is 3.69. The number of aliphatic carboxylic acids is 1. The van der Waals surface area contributed by atoms with Crippen molar-refractivity contribution in [3.63, 3.8) is 0 Å². The van der Waals surface area contributed by atoms with E-state index in [1.165, 1.54) is 7.11 Å². The van der Waals surface area contributed by atoms with Crippen LogP contribution in [0.25, 0.3) is 5.69 Å². The highest BCUT2D eigenvalue weighted by Gasteiger charge is 2.19. The van der Waals surface area contributed by atoms with Crippen LogP contribution < -0.4 is 0 Å². The Bertz CT molecular complexity index is 508. The number of benzene rings is 1. The zero-order valence-corrected chi connectivity index (χ0v) is 9.85. The quantitative estimate of drug-likeness (QED) is 0.855. The molecule has 0 aliphatic rings. The van der Waals surface area contributed by atoms with Crippen molar-refractivity contribution in [3.8, 4) is 5.69 Å². The van der Waals surface area contributed by atoms with Crippen molar-refractivity contribution in [2.24, 2.45) is 0 Å². The van der Waals surface area contributed by atoms with Crippen LogP contribution in [-0.4, -0.2) is 39.8 Å². The van der Waals surface area contributed by atoms with E-state index >= 15 is 0 Å². The summed E-state index contributed by atoms with van der Waals surface area (Å²) in [6.45, 7) is 0.151. The summed E-state index contributed by atoms with van der Waals surface area (Å²) in [5, 5.41) is 16.7. The lowest BCUT2D eigenvalue weighted by atomic mass is 10.00. The summed E-state index contributed by atoms with van der Waals surface area (Å²) in [5.74, 6) is -1.55. The van der Waals surface area contributed by atoms with Crippen LogP contribution in [0.2, 0.25) is 0 Å². The van der Waals surface area contributed by atoms with Gasteiger partial charge in [0.05, 0.1) is 24.7 Å². The van der Waals surface area contributed by atoms with Crippen LogP contribution >= 0.6 is 0 Å². The second-order valence-electron chi connectivity index (χ2n) is 3.79. The number of ether oxygens (including phenoxy) is 1. The first-order valence-corrected chi connectivity index (χ1v) is 5.40. The molecule has 0 spiro atoms. The lowest BCUT2D eigenvalue weighted by Gasteiger charge is -2.12. The maximum atomic E-state index is 11.1. The molecule has 94 valence electrons. The molecule has 1 aromatic heterocycles. The number of aromatic nitrogens is 3. The minimum atomic E-state index is -0.898. The van der Waals surface area contributed by atoms with Gasteiger partial charge in [0.25, 0.3) is 0 Å². The van der Waals surface area contributed by atoms with Crippen LogP contribution in [0.4, 0.5) is 0 Å². The van der Waals surface area contributed by atoms with Gasteiger partial charge in [-0.2, -0.15) is 0 Å². The Morgan fingerprint density at radius 2 is 2.17 bits per heavy atom. The van der Waals surface area contributed by atoms with Crippen LogP contribution in [0.15, 0.2) is 36.7 Å². The molecular formula is C12H13N3O3. The Balaban J connectivity index is 2.23. The molecule has 0 aliphatic carbocycles. The Morgan fingerprint density at radius 3 is 2.67 bits per heavy atom. The van der Waals surface area contributed by atoms with Crippen molar-refractivity contribution in [3.05, 3.63) is 42.2 Å². The van der Waals surface area contributed by atoms with Crippen LogP contribution in [0.3, 0.4) is 0 Å². The Hall–Kier alpha value is -2.21. The molecule has 6 heteroatoms. The molecule has 1 unspecified atom stereocenters. The molecule has 2 rings (SSSR count). The SMILES string of the molecule is COCC(C(=O)O)c1ccc(-n2ccnn2)cc1. The highest BCUT2D eigenvalue weighted by molar-refractivity contribution is 5.76. The molecule has 0 saturated heterocycles. The number of carbonyl (C=O) groups is 1. The van der Waals surface area contributed by atoms with Crippen molar-refractivity contribution < 1.29 is 14.6 Å². The van der Waals surface area contributed by atoms with Crippen LogP contribution in [0, 0.1) is 0 Å². The highest BCUT2D eigenvalue weighted by atomic mass is 16.5. The van der Waals surface area contributed by atoms with E-state index in [0.717, 1.165) is 5.69 Å². The molecule has 6 nitrogen and oxygen atoms in total. The van der Waals surface area contributed by atoms with Crippen LogP contribution in [0.1, 0.15) is 11.5 Å². The van der Waals surface area contributed by atoms with Gasteiger partial charge < -0.3 is 9.84 Å². The maximum Gasteiger partial charge on any atom is 0.313 e. The van der Waals surface area contributed by atoms with Crippen molar-refractivity contribution in [1.29, 1.82) is 0 Å². The summed E-state index contributed by atoms with van der Waals surface area (Å²) in [6.07, 6.45) is 3.30. The number of rotatable bonds is 5. The molecule has 1 aromatic carbocycles. The average molecular weight is 247 g/mol. The third-order valence-electron chi connectivity index (χ3n) is 2.61. The summed E-state index contributed by atoms with van der Waals surface area (Å²) in [5.41, 5.74) is 1.53. The van der Waals surface area contributed by atoms with Gasteiger partial charge in [0.2, 0.25) is 0 Å². The lowest BCUT2D eigenvalue weighted by Crippen LogP contribution is -2.16. The van der Waals surface area contributed by atoms with Crippen molar-refractivity contribution in [1.82, 2.24) is 15.0 Å². The Morgan fingerprint density at radius 1 is 1.44 bits per heavy atom. The van der Waals surface area contributed by atoms with Crippen LogP contribution in [0.5, 0.6) is 0 Å². The molecule has 0 saturated carbocycles. The first kappa shape index (κ1) is 12.3. The number of nitrogens with zero attached hydrogens (tertiary/aromatic N) is 3. The zero-order chi connectivity index (χ0) is 13.0. The van der Waals surface area contributed by atoms with Gasteiger partial charge in [-0.1, -0.05) is 17.3 Å². The summed E-state index contributed by atoms with van der Waals surface area (Å²) in [7, 11) is 1.49. The highest BCUT2D eigenvalue weighted by Crippen LogP contribution is 2.18. The lowest BCUT2D eigenvalue weighted by molar-refractivity contribution is -0.140. The molecule has 0 radical (unpaired) electrons. The minimum absolute atomic E-state index is 0.151. The number of hydrogen-bond donors (Lipinski definition) is 1. The van der Waals surface area contributed by atoms with Crippen molar-refractivity contribution in [2.45, 2.75) is 5.92 Å². The molecular weight excluding hydrogens is 234 g/mol. The monoisotopic (exact) mass is 247 g/mol. The first-order chi connectivity index (χ1) is 8.72. The smallest absolute Gasteiger partial charge is 0.313 e. The second kappa shape index (κ2) is 5.42. The number of carboxylic acids is 1. The molecule has 1 heterocycles. The predicted molar refractivity (Wildman–Crippen MR) is 63.6 cm³/mol. The fraction of sp³-hybridized carbons (Fsp3) is 0.250. The number of hydrogen-bond acceptors (Lipinski definition) is 4.